The van der Waals surface area contributed by atoms with Crippen molar-refractivity contribution in [2.24, 2.45) is 0 Å². The Kier molecular flexibility index (Phi) is 5.86. The molecule has 26 heavy (non-hydrogen) atoms. The van der Waals surface area contributed by atoms with Crippen LogP contribution in [0, 0.1) is 0 Å². The summed E-state index contributed by atoms with van der Waals surface area (Å²) >= 11 is 0. The van der Waals surface area contributed by atoms with Crippen LogP contribution in [0.4, 0.5) is 0 Å². The number of amides is 1. The number of para-hydroxylation sites is 1. The van der Waals surface area contributed by atoms with Gasteiger partial charge in [0, 0.05) is 44.9 Å². The summed E-state index contributed by atoms with van der Waals surface area (Å²) in [6.07, 6.45) is 3.08. The minimum Gasteiger partial charge on any atom is -0.383 e. The molecule has 6 heteroatoms. The Morgan fingerprint density at radius 3 is 2.96 bits per heavy atom. The third-order valence-corrected chi connectivity index (χ3v) is 4.96. The van der Waals surface area contributed by atoms with Crippen molar-refractivity contribution >= 4 is 16.8 Å². The average molecular weight is 357 g/mol. The molecule has 0 spiro atoms. The average Bonchev–Trinajstić information content (AvgIpc) is 2.63. The van der Waals surface area contributed by atoms with Crippen molar-refractivity contribution in [3.8, 4) is 0 Å². The molecule has 0 radical (unpaired) electrons. The molecule has 1 aromatic heterocycles. The third-order valence-electron chi connectivity index (χ3n) is 4.96. The maximum atomic E-state index is 12.7. The number of likely N-dealkylation sites (tertiary alicyclic amines) is 1. The number of carbonyl (C=O) groups excluding carboxylic acids is 1. The monoisotopic (exact) mass is 357 g/mol. The second-order valence-corrected chi connectivity index (χ2v) is 7.08. The smallest absolute Gasteiger partial charge is 0.255 e. The van der Waals surface area contributed by atoms with Gasteiger partial charge in [0.05, 0.1) is 12.1 Å². The number of hydrogen-bond donors (Lipinski definition) is 1. The molecule has 1 aliphatic rings. The van der Waals surface area contributed by atoms with Gasteiger partial charge >= 0.3 is 0 Å². The molecule has 1 amide bonds. The lowest BCUT2D eigenvalue weighted by Crippen LogP contribution is -2.58. The lowest BCUT2D eigenvalue weighted by molar-refractivity contribution is -0.159. The highest BCUT2D eigenvalue weighted by Gasteiger charge is 2.42. The Balaban J connectivity index is 1.70. The van der Waals surface area contributed by atoms with Crippen molar-refractivity contribution in [2.45, 2.75) is 25.0 Å². The Bertz CT molecular complexity index is 762. The minimum atomic E-state index is -1.33. The summed E-state index contributed by atoms with van der Waals surface area (Å²) in [6, 6.07) is 10.1. The quantitative estimate of drug-likeness (QED) is 0.816. The number of carbonyl (C=O) groups is 1. The maximum Gasteiger partial charge on any atom is 0.255 e. The number of benzene rings is 1. The van der Waals surface area contributed by atoms with Crippen LogP contribution in [0.15, 0.2) is 36.5 Å². The van der Waals surface area contributed by atoms with Gasteiger partial charge in [0.1, 0.15) is 0 Å². The van der Waals surface area contributed by atoms with Crippen molar-refractivity contribution in [2.75, 3.05) is 40.4 Å². The number of likely N-dealkylation sites (N-methyl/N-ethyl adjacent to an activating group) is 1. The van der Waals surface area contributed by atoms with Crippen LogP contribution in [0.1, 0.15) is 18.4 Å². The SMILES string of the molecule is COCCN1CCCC(O)(CN(C)Cc2cccc3cccnc23)C1=O. The number of nitrogens with zero attached hydrogens (tertiary/aromatic N) is 3. The van der Waals surface area contributed by atoms with Crippen molar-refractivity contribution in [3.05, 3.63) is 42.1 Å². The summed E-state index contributed by atoms with van der Waals surface area (Å²) in [5.41, 5.74) is 0.720. The Hall–Kier alpha value is -2.02. The van der Waals surface area contributed by atoms with E-state index in [-0.39, 0.29) is 5.91 Å². The third kappa shape index (κ3) is 4.03. The number of piperidine rings is 1. The largest absolute Gasteiger partial charge is 0.383 e. The maximum absolute atomic E-state index is 12.7. The molecular formula is C20H27N3O3. The van der Waals surface area contributed by atoms with Crippen LogP contribution in [-0.4, -0.2) is 71.8 Å². The van der Waals surface area contributed by atoms with Crippen molar-refractivity contribution in [1.82, 2.24) is 14.8 Å². The second kappa shape index (κ2) is 8.12. The zero-order valence-corrected chi connectivity index (χ0v) is 15.5. The first kappa shape index (κ1) is 18.8. The predicted molar refractivity (Wildman–Crippen MR) is 101 cm³/mol. The van der Waals surface area contributed by atoms with E-state index in [4.69, 9.17) is 4.74 Å². The van der Waals surface area contributed by atoms with Crippen LogP contribution >= 0.6 is 0 Å². The Morgan fingerprint density at radius 2 is 2.15 bits per heavy atom. The zero-order chi connectivity index (χ0) is 18.6. The van der Waals surface area contributed by atoms with Gasteiger partial charge in [0.25, 0.3) is 5.91 Å². The summed E-state index contributed by atoms with van der Waals surface area (Å²) in [5.74, 6) is -0.191. The molecule has 1 saturated heterocycles. The summed E-state index contributed by atoms with van der Waals surface area (Å²) in [7, 11) is 3.55. The van der Waals surface area contributed by atoms with E-state index in [1.807, 2.05) is 42.3 Å². The van der Waals surface area contributed by atoms with Gasteiger partial charge < -0.3 is 14.7 Å². The number of ether oxygens (including phenoxy) is 1. The van der Waals surface area contributed by atoms with Gasteiger partial charge in [-0.2, -0.15) is 0 Å². The predicted octanol–water partition coefficient (Wildman–Crippen LogP) is 1.67. The number of aromatic nitrogens is 1. The highest BCUT2D eigenvalue weighted by molar-refractivity contribution is 5.86. The van der Waals surface area contributed by atoms with E-state index >= 15 is 0 Å². The molecular weight excluding hydrogens is 330 g/mol. The molecule has 1 aromatic carbocycles. The Labute approximate surface area is 154 Å². The van der Waals surface area contributed by atoms with E-state index < -0.39 is 5.60 Å². The van der Waals surface area contributed by atoms with Gasteiger partial charge in [-0.25, -0.2) is 0 Å². The minimum absolute atomic E-state index is 0.191. The fraction of sp³-hybridized carbons (Fsp3) is 0.500. The van der Waals surface area contributed by atoms with Crippen LogP contribution in [0.5, 0.6) is 0 Å². The van der Waals surface area contributed by atoms with Crippen LogP contribution in [0.25, 0.3) is 10.9 Å². The molecule has 140 valence electrons. The molecule has 1 unspecified atom stereocenters. The highest BCUT2D eigenvalue weighted by atomic mass is 16.5. The van der Waals surface area contributed by atoms with Crippen molar-refractivity contribution < 1.29 is 14.6 Å². The number of methoxy groups -OCH3 is 1. The van der Waals surface area contributed by atoms with Crippen LogP contribution in [0.3, 0.4) is 0 Å². The molecule has 0 bridgehead atoms. The summed E-state index contributed by atoms with van der Waals surface area (Å²) < 4.78 is 5.07. The molecule has 0 aliphatic carbocycles. The number of pyridine rings is 1. The fourth-order valence-electron chi connectivity index (χ4n) is 3.71. The van der Waals surface area contributed by atoms with Crippen LogP contribution < -0.4 is 0 Å². The molecule has 3 rings (SSSR count). The number of hydrogen-bond acceptors (Lipinski definition) is 5. The van der Waals surface area contributed by atoms with Crippen molar-refractivity contribution in [3.63, 3.8) is 0 Å². The molecule has 1 fully saturated rings. The zero-order valence-electron chi connectivity index (χ0n) is 15.5. The highest BCUT2D eigenvalue weighted by Crippen LogP contribution is 2.25. The van der Waals surface area contributed by atoms with Gasteiger partial charge in [-0.1, -0.05) is 24.3 Å². The number of fused-ring (bicyclic) bond motifs is 1. The van der Waals surface area contributed by atoms with E-state index in [0.29, 0.717) is 39.2 Å². The van der Waals surface area contributed by atoms with Gasteiger partial charge in [-0.3, -0.25) is 14.7 Å². The number of aliphatic hydroxyl groups is 1. The van der Waals surface area contributed by atoms with Gasteiger partial charge in [-0.05, 0) is 31.5 Å². The molecule has 2 aromatic rings. The summed E-state index contributed by atoms with van der Waals surface area (Å²) in [5, 5.41) is 12.1. The van der Waals surface area contributed by atoms with Gasteiger partial charge in [0.2, 0.25) is 0 Å². The van der Waals surface area contributed by atoms with Crippen molar-refractivity contribution in [1.29, 1.82) is 0 Å². The normalized spacial score (nSPS) is 20.9. The topological polar surface area (TPSA) is 65.9 Å². The summed E-state index contributed by atoms with van der Waals surface area (Å²) in [6.45, 7) is 2.62. The second-order valence-electron chi connectivity index (χ2n) is 7.08. The fourth-order valence-corrected chi connectivity index (χ4v) is 3.71. The van der Waals surface area contributed by atoms with E-state index in [1.54, 1.807) is 18.2 Å². The molecule has 1 aliphatic heterocycles. The van der Waals surface area contributed by atoms with E-state index in [0.717, 1.165) is 22.9 Å². The standard InChI is InChI=1S/C20H27N3O3/c1-22(14-17-7-3-6-16-8-4-10-21-18(16)17)15-20(25)9-5-11-23(19(20)24)12-13-26-2/h3-4,6-8,10,25H,5,9,11-15H2,1-2H3. The molecule has 1 atom stereocenters. The Morgan fingerprint density at radius 1 is 1.35 bits per heavy atom. The molecule has 0 saturated carbocycles. The molecule has 1 N–H and O–H groups in total. The molecule has 2 heterocycles. The van der Waals surface area contributed by atoms with E-state index in [9.17, 15) is 9.90 Å². The van der Waals surface area contributed by atoms with Gasteiger partial charge in [0.15, 0.2) is 5.60 Å². The lowest BCUT2D eigenvalue weighted by atomic mass is 9.91. The molecule has 6 nitrogen and oxygen atoms in total. The first-order valence-electron chi connectivity index (χ1n) is 9.05. The lowest BCUT2D eigenvalue weighted by Gasteiger charge is -2.40. The van der Waals surface area contributed by atoms with Crippen LogP contribution in [-0.2, 0) is 16.1 Å². The van der Waals surface area contributed by atoms with Gasteiger partial charge in [-0.15, -0.1) is 0 Å². The summed E-state index contributed by atoms with van der Waals surface area (Å²) in [4.78, 5) is 20.9. The first-order valence-corrected chi connectivity index (χ1v) is 9.05. The first-order chi connectivity index (χ1) is 12.5. The number of rotatable bonds is 7. The van der Waals surface area contributed by atoms with E-state index in [2.05, 4.69) is 4.98 Å². The van der Waals surface area contributed by atoms with E-state index in [1.165, 1.54) is 0 Å². The van der Waals surface area contributed by atoms with Crippen LogP contribution in [0.2, 0.25) is 0 Å².